The quantitative estimate of drug-likeness (QED) is 0.709. The lowest BCUT2D eigenvalue weighted by atomic mass is 9.77. The molecule has 0 aromatic carbocycles. The summed E-state index contributed by atoms with van der Waals surface area (Å²) in [6.45, 7) is 0.633. The van der Waals surface area contributed by atoms with E-state index in [9.17, 15) is 4.79 Å². The number of nitrogens with one attached hydrogen (secondary N) is 1. The first-order valence-electron chi connectivity index (χ1n) is 5.20. The van der Waals surface area contributed by atoms with Crippen molar-refractivity contribution in [3.8, 4) is 0 Å². The average Bonchev–Trinajstić information content (AvgIpc) is 2.29. The maximum Gasteiger partial charge on any atom is 0.303 e. The lowest BCUT2D eigenvalue weighted by molar-refractivity contribution is -0.139. The zero-order valence-corrected chi connectivity index (χ0v) is 8.89. The predicted octanol–water partition coefficient (Wildman–Crippen LogP) is 2.01. The second kappa shape index (κ2) is 3.70. The first-order chi connectivity index (χ1) is 6.65. The number of halogens is 1. The van der Waals surface area contributed by atoms with Gasteiger partial charge in [0.15, 0.2) is 0 Å². The minimum Gasteiger partial charge on any atom is -0.481 e. The monoisotopic (exact) mass is 217 g/mol. The van der Waals surface area contributed by atoms with Gasteiger partial charge in [0.2, 0.25) is 0 Å². The molecule has 2 N–H and O–H groups in total. The van der Waals surface area contributed by atoms with Crippen LogP contribution in [-0.2, 0) is 4.79 Å². The third kappa shape index (κ3) is 1.75. The highest BCUT2D eigenvalue weighted by molar-refractivity contribution is 6.13. The first-order valence-corrected chi connectivity index (χ1v) is 5.58. The van der Waals surface area contributed by atoms with Crippen molar-refractivity contribution in [1.29, 1.82) is 0 Å². The van der Waals surface area contributed by atoms with Gasteiger partial charge in [0.05, 0.1) is 6.42 Å². The standard InChI is InChI=1S/C10H16ClNO2/c11-12-6-10(5-9(13)14)3-7-1-2-8(7)4-10/h7-8,12H,1-6H2,(H,13,14)/t7-,8+,10-. The van der Waals surface area contributed by atoms with E-state index in [2.05, 4.69) is 4.84 Å². The fourth-order valence-corrected chi connectivity index (χ4v) is 3.47. The van der Waals surface area contributed by atoms with Crippen molar-refractivity contribution in [2.75, 3.05) is 6.54 Å². The molecule has 80 valence electrons. The summed E-state index contributed by atoms with van der Waals surface area (Å²) in [6.07, 6.45) is 4.93. The van der Waals surface area contributed by atoms with Crippen LogP contribution in [0.5, 0.6) is 0 Å². The maximum atomic E-state index is 10.8. The van der Waals surface area contributed by atoms with Crippen molar-refractivity contribution in [3.05, 3.63) is 0 Å². The van der Waals surface area contributed by atoms with Crippen molar-refractivity contribution in [1.82, 2.24) is 4.84 Å². The van der Waals surface area contributed by atoms with Crippen molar-refractivity contribution in [2.24, 2.45) is 17.3 Å². The van der Waals surface area contributed by atoms with E-state index in [1.807, 2.05) is 0 Å². The van der Waals surface area contributed by atoms with Crippen molar-refractivity contribution in [3.63, 3.8) is 0 Å². The van der Waals surface area contributed by atoms with Gasteiger partial charge in [-0.1, -0.05) is 0 Å². The molecule has 2 fully saturated rings. The van der Waals surface area contributed by atoms with E-state index in [1.165, 1.54) is 12.8 Å². The molecule has 3 nitrogen and oxygen atoms in total. The zero-order chi connectivity index (χ0) is 10.2. The van der Waals surface area contributed by atoms with Crippen molar-refractivity contribution >= 4 is 17.7 Å². The van der Waals surface area contributed by atoms with E-state index in [-0.39, 0.29) is 11.8 Å². The molecular formula is C10H16ClNO2. The number of carboxylic acids is 1. The van der Waals surface area contributed by atoms with Crippen molar-refractivity contribution in [2.45, 2.75) is 32.1 Å². The number of carbonyl (C=O) groups is 1. The van der Waals surface area contributed by atoms with Gasteiger partial charge in [0.25, 0.3) is 0 Å². The molecule has 0 aliphatic heterocycles. The first kappa shape index (κ1) is 10.2. The smallest absolute Gasteiger partial charge is 0.303 e. The summed E-state index contributed by atoms with van der Waals surface area (Å²) in [5, 5.41) is 8.89. The Morgan fingerprint density at radius 2 is 2.00 bits per heavy atom. The molecule has 0 saturated heterocycles. The molecule has 2 aliphatic rings. The fourth-order valence-electron chi connectivity index (χ4n) is 3.18. The molecule has 4 heteroatoms. The molecule has 0 heterocycles. The van der Waals surface area contributed by atoms with E-state index in [4.69, 9.17) is 16.9 Å². The lowest BCUT2D eigenvalue weighted by Gasteiger charge is -2.29. The van der Waals surface area contributed by atoms with Gasteiger partial charge in [-0.05, 0) is 54.7 Å². The Kier molecular flexibility index (Phi) is 2.71. The molecular weight excluding hydrogens is 202 g/mol. The Bertz CT molecular complexity index is 232. The number of hydrogen-bond donors (Lipinski definition) is 2. The van der Waals surface area contributed by atoms with Crippen LogP contribution in [-0.4, -0.2) is 17.6 Å². The number of hydrogen-bond acceptors (Lipinski definition) is 2. The van der Waals surface area contributed by atoms with Crippen molar-refractivity contribution < 1.29 is 9.90 Å². The predicted molar refractivity (Wildman–Crippen MR) is 54.0 cm³/mol. The normalized spacial score (nSPS) is 40.4. The maximum absolute atomic E-state index is 10.8. The van der Waals surface area contributed by atoms with E-state index in [0.717, 1.165) is 24.7 Å². The van der Waals surface area contributed by atoms with E-state index >= 15 is 0 Å². The Labute approximate surface area is 88.9 Å². The molecule has 2 aliphatic carbocycles. The molecule has 0 spiro atoms. The van der Waals surface area contributed by atoms with Crippen LogP contribution in [0.3, 0.4) is 0 Å². The molecule has 14 heavy (non-hydrogen) atoms. The third-order valence-corrected chi connectivity index (χ3v) is 4.07. The number of carboxylic acid groups (broad SMARTS) is 1. The van der Waals surface area contributed by atoms with Gasteiger partial charge in [-0.15, -0.1) is 0 Å². The van der Waals surface area contributed by atoms with Gasteiger partial charge in [0.1, 0.15) is 0 Å². The number of rotatable bonds is 4. The Balaban J connectivity index is 2.03. The summed E-state index contributed by atoms with van der Waals surface area (Å²) in [6, 6.07) is 0. The van der Waals surface area contributed by atoms with Gasteiger partial charge in [-0.25, -0.2) is 4.84 Å². The van der Waals surface area contributed by atoms with Gasteiger partial charge in [0, 0.05) is 6.54 Å². The third-order valence-electron chi connectivity index (χ3n) is 3.93. The summed E-state index contributed by atoms with van der Waals surface area (Å²) in [5.41, 5.74) is -0.0700. The number of aliphatic carboxylic acids is 1. The van der Waals surface area contributed by atoms with Gasteiger partial charge < -0.3 is 5.11 Å². The van der Waals surface area contributed by atoms with Crippen LogP contribution in [0.2, 0.25) is 0 Å². The van der Waals surface area contributed by atoms with Crippen LogP contribution >= 0.6 is 11.8 Å². The highest BCUT2D eigenvalue weighted by Crippen LogP contribution is 2.56. The van der Waals surface area contributed by atoms with Gasteiger partial charge >= 0.3 is 5.97 Å². The van der Waals surface area contributed by atoms with E-state index in [0.29, 0.717) is 6.54 Å². The summed E-state index contributed by atoms with van der Waals surface area (Å²) in [4.78, 5) is 13.4. The summed E-state index contributed by atoms with van der Waals surface area (Å²) >= 11 is 5.53. The molecule has 0 bridgehead atoms. The Hall–Kier alpha value is -0.280. The lowest BCUT2D eigenvalue weighted by Crippen LogP contribution is -2.30. The van der Waals surface area contributed by atoms with Crippen LogP contribution in [0, 0.1) is 17.3 Å². The second-order valence-electron chi connectivity index (χ2n) is 4.89. The van der Waals surface area contributed by atoms with Crippen LogP contribution in [0.25, 0.3) is 0 Å². The van der Waals surface area contributed by atoms with Crippen LogP contribution in [0.4, 0.5) is 0 Å². The molecule has 0 aromatic rings. The van der Waals surface area contributed by atoms with Gasteiger partial charge in [-0.2, -0.15) is 0 Å². The molecule has 2 saturated carbocycles. The molecule has 0 unspecified atom stereocenters. The van der Waals surface area contributed by atoms with E-state index in [1.54, 1.807) is 0 Å². The largest absolute Gasteiger partial charge is 0.481 e. The summed E-state index contributed by atoms with van der Waals surface area (Å²) in [7, 11) is 0. The molecule has 3 atom stereocenters. The van der Waals surface area contributed by atoms with Crippen LogP contribution < -0.4 is 4.84 Å². The molecule has 0 amide bonds. The summed E-state index contributed by atoms with van der Waals surface area (Å²) < 4.78 is 0. The molecule has 0 aromatic heterocycles. The fraction of sp³-hybridized carbons (Fsp3) is 0.900. The topological polar surface area (TPSA) is 49.3 Å². The van der Waals surface area contributed by atoms with E-state index < -0.39 is 5.97 Å². The zero-order valence-electron chi connectivity index (χ0n) is 8.13. The number of fused-ring (bicyclic) bond motifs is 1. The highest BCUT2D eigenvalue weighted by atomic mass is 35.5. The molecule has 0 radical (unpaired) electrons. The summed E-state index contributed by atoms with van der Waals surface area (Å²) in [5.74, 6) is 0.858. The van der Waals surface area contributed by atoms with Crippen LogP contribution in [0.15, 0.2) is 0 Å². The SMILES string of the molecule is O=C(O)C[C@@]1(CNCl)C[C@H]2CC[C@H]2C1. The Morgan fingerprint density at radius 3 is 2.36 bits per heavy atom. The second-order valence-corrected chi connectivity index (χ2v) is 5.15. The minimum atomic E-state index is -0.696. The molecule has 2 rings (SSSR count). The van der Waals surface area contributed by atoms with Crippen LogP contribution in [0.1, 0.15) is 32.1 Å². The van der Waals surface area contributed by atoms with Gasteiger partial charge in [-0.3, -0.25) is 4.79 Å². The highest BCUT2D eigenvalue weighted by Gasteiger charge is 2.49. The Morgan fingerprint density at radius 1 is 1.43 bits per heavy atom. The average molecular weight is 218 g/mol. The minimum absolute atomic E-state index is 0.0700.